The van der Waals surface area contributed by atoms with Crippen molar-refractivity contribution in [1.29, 1.82) is 0 Å². The predicted octanol–water partition coefficient (Wildman–Crippen LogP) is 2.57. The lowest BCUT2D eigenvalue weighted by Crippen LogP contribution is -2.48. The number of thiophene rings is 1. The van der Waals surface area contributed by atoms with Crippen molar-refractivity contribution in [3.63, 3.8) is 0 Å². The highest BCUT2D eigenvalue weighted by Gasteiger charge is 2.37. The molecule has 144 valence electrons. The minimum atomic E-state index is -0.193. The fourth-order valence-corrected chi connectivity index (χ4v) is 5.51. The van der Waals surface area contributed by atoms with Gasteiger partial charge < -0.3 is 20.1 Å². The minimum Gasteiger partial charge on any atom is -0.393 e. The van der Waals surface area contributed by atoms with Gasteiger partial charge in [0.25, 0.3) is 0 Å². The zero-order valence-electron chi connectivity index (χ0n) is 15.3. The zero-order valence-corrected chi connectivity index (χ0v) is 16.1. The quantitative estimate of drug-likeness (QED) is 0.827. The number of carbonyl (C=O) groups excluding carboxylic acids is 1. The Hall–Kier alpha value is -0.950. The third-order valence-electron chi connectivity index (χ3n) is 6.38. The molecule has 1 unspecified atom stereocenters. The summed E-state index contributed by atoms with van der Waals surface area (Å²) in [6.07, 6.45) is 5.56. The standard InChI is InChI=1S/C20H30N2O3S/c23-17-12-15(13-17)19(18-2-1-11-26-18)21-20(24)14-3-7-22(8-4-14)16-5-9-25-10-6-16/h1-2,11,14-17,19,23H,3-10,12-13H2,(H,21,24). The van der Waals surface area contributed by atoms with Gasteiger partial charge in [0, 0.05) is 30.1 Å². The lowest BCUT2D eigenvalue weighted by Gasteiger charge is -2.40. The number of piperidine rings is 1. The fraction of sp³-hybridized carbons (Fsp3) is 0.750. The van der Waals surface area contributed by atoms with E-state index < -0.39 is 0 Å². The topological polar surface area (TPSA) is 61.8 Å². The molecule has 2 N–H and O–H groups in total. The summed E-state index contributed by atoms with van der Waals surface area (Å²) in [5.41, 5.74) is 0. The molecule has 1 aliphatic carbocycles. The number of nitrogens with one attached hydrogen (secondary N) is 1. The molecule has 0 bridgehead atoms. The van der Waals surface area contributed by atoms with Crippen molar-refractivity contribution >= 4 is 17.2 Å². The number of amides is 1. The summed E-state index contributed by atoms with van der Waals surface area (Å²) in [5, 5.41) is 15.1. The minimum absolute atomic E-state index is 0.0689. The van der Waals surface area contributed by atoms with E-state index in [1.165, 1.54) is 4.88 Å². The maximum Gasteiger partial charge on any atom is 0.223 e. The molecule has 1 aromatic rings. The normalized spacial score (nSPS) is 29.9. The zero-order chi connectivity index (χ0) is 17.9. The number of aliphatic hydroxyl groups excluding tert-OH is 1. The first kappa shape index (κ1) is 18.4. The number of aliphatic hydroxyl groups is 1. The first-order chi connectivity index (χ1) is 12.7. The second kappa shape index (κ2) is 8.38. The number of rotatable bonds is 5. The Labute approximate surface area is 159 Å². The van der Waals surface area contributed by atoms with Gasteiger partial charge in [-0.15, -0.1) is 11.3 Å². The van der Waals surface area contributed by atoms with Crippen LogP contribution in [0.1, 0.15) is 49.4 Å². The molecule has 6 heteroatoms. The Morgan fingerprint density at radius 2 is 1.96 bits per heavy atom. The first-order valence-electron chi connectivity index (χ1n) is 10.0. The molecule has 1 aromatic heterocycles. The second-order valence-corrected chi connectivity index (χ2v) is 9.02. The SMILES string of the molecule is O=C(NC(c1cccs1)C1CC(O)C1)C1CCN(C2CCOCC2)CC1. The van der Waals surface area contributed by atoms with Gasteiger partial charge in [0.1, 0.15) is 0 Å². The van der Waals surface area contributed by atoms with Crippen LogP contribution in [0.3, 0.4) is 0 Å². The van der Waals surface area contributed by atoms with Crippen molar-refractivity contribution in [2.45, 2.75) is 56.7 Å². The highest BCUT2D eigenvalue weighted by molar-refractivity contribution is 7.10. The molecule has 0 radical (unpaired) electrons. The Bertz CT molecular complexity index is 574. The summed E-state index contributed by atoms with van der Waals surface area (Å²) in [7, 11) is 0. The second-order valence-electron chi connectivity index (χ2n) is 8.04. The van der Waals surface area contributed by atoms with E-state index in [9.17, 15) is 9.90 Å². The van der Waals surface area contributed by atoms with Crippen molar-refractivity contribution in [3.05, 3.63) is 22.4 Å². The molecule has 1 atom stereocenters. The van der Waals surface area contributed by atoms with E-state index in [-0.39, 0.29) is 24.0 Å². The smallest absolute Gasteiger partial charge is 0.223 e. The van der Waals surface area contributed by atoms with E-state index in [1.54, 1.807) is 11.3 Å². The van der Waals surface area contributed by atoms with E-state index in [2.05, 4.69) is 21.7 Å². The molecule has 26 heavy (non-hydrogen) atoms. The molecule has 0 spiro atoms. The van der Waals surface area contributed by atoms with Crippen molar-refractivity contribution in [3.8, 4) is 0 Å². The lowest BCUT2D eigenvalue weighted by atomic mass is 9.76. The Morgan fingerprint density at radius 3 is 2.58 bits per heavy atom. The van der Waals surface area contributed by atoms with Crippen molar-refractivity contribution in [2.75, 3.05) is 26.3 Å². The van der Waals surface area contributed by atoms with Gasteiger partial charge in [0.2, 0.25) is 5.91 Å². The highest BCUT2D eigenvalue weighted by Crippen LogP contribution is 2.40. The number of likely N-dealkylation sites (tertiary alicyclic amines) is 1. The number of ether oxygens (including phenoxy) is 1. The number of carbonyl (C=O) groups is 1. The van der Waals surface area contributed by atoms with Crippen LogP contribution in [0.5, 0.6) is 0 Å². The van der Waals surface area contributed by atoms with E-state index in [0.29, 0.717) is 12.0 Å². The van der Waals surface area contributed by atoms with Gasteiger partial charge in [0.05, 0.1) is 12.1 Å². The number of nitrogens with zero attached hydrogens (tertiary/aromatic N) is 1. The number of hydrogen-bond acceptors (Lipinski definition) is 5. The summed E-state index contributed by atoms with van der Waals surface area (Å²) >= 11 is 1.70. The molecular weight excluding hydrogens is 348 g/mol. The maximum absolute atomic E-state index is 12.9. The van der Waals surface area contributed by atoms with Crippen LogP contribution >= 0.6 is 11.3 Å². The summed E-state index contributed by atoms with van der Waals surface area (Å²) in [6.45, 7) is 3.80. The molecule has 3 aliphatic rings. The summed E-state index contributed by atoms with van der Waals surface area (Å²) in [6, 6.07) is 4.86. The molecule has 3 fully saturated rings. The summed E-state index contributed by atoms with van der Waals surface area (Å²) < 4.78 is 5.47. The van der Waals surface area contributed by atoms with Gasteiger partial charge in [-0.3, -0.25) is 4.79 Å². The molecule has 1 amide bonds. The van der Waals surface area contributed by atoms with Gasteiger partial charge in [0.15, 0.2) is 0 Å². The summed E-state index contributed by atoms with van der Waals surface area (Å²) in [4.78, 5) is 16.7. The van der Waals surface area contributed by atoms with Crippen molar-refractivity contribution in [2.24, 2.45) is 11.8 Å². The third-order valence-corrected chi connectivity index (χ3v) is 7.33. The molecule has 4 rings (SSSR count). The van der Waals surface area contributed by atoms with Gasteiger partial charge in [-0.05, 0) is 69.0 Å². The largest absolute Gasteiger partial charge is 0.393 e. The molecule has 3 heterocycles. The monoisotopic (exact) mass is 378 g/mol. The van der Waals surface area contributed by atoms with Crippen LogP contribution in [0.2, 0.25) is 0 Å². The maximum atomic E-state index is 12.9. The average molecular weight is 379 g/mol. The Balaban J connectivity index is 1.31. The Kier molecular flexibility index (Phi) is 5.93. The summed E-state index contributed by atoms with van der Waals surface area (Å²) in [5.74, 6) is 0.699. The predicted molar refractivity (Wildman–Crippen MR) is 102 cm³/mol. The lowest BCUT2D eigenvalue weighted by molar-refractivity contribution is -0.128. The van der Waals surface area contributed by atoms with E-state index in [1.807, 2.05) is 6.07 Å². The third kappa shape index (κ3) is 4.14. The van der Waals surface area contributed by atoms with Crippen LogP contribution in [0.4, 0.5) is 0 Å². The highest BCUT2D eigenvalue weighted by atomic mass is 32.1. The van der Waals surface area contributed by atoms with E-state index in [0.717, 1.165) is 64.8 Å². The molecule has 5 nitrogen and oxygen atoms in total. The number of hydrogen-bond donors (Lipinski definition) is 2. The van der Waals surface area contributed by atoms with E-state index in [4.69, 9.17) is 4.74 Å². The van der Waals surface area contributed by atoms with Crippen LogP contribution in [0.25, 0.3) is 0 Å². The van der Waals surface area contributed by atoms with Crippen molar-refractivity contribution < 1.29 is 14.6 Å². The van der Waals surface area contributed by atoms with Gasteiger partial charge in [-0.25, -0.2) is 0 Å². The first-order valence-corrected chi connectivity index (χ1v) is 10.9. The molecule has 1 saturated carbocycles. The van der Waals surface area contributed by atoms with Crippen LogP contribution in [-0.4, -0.2) is 54.4 Å². The fourth-order valence-electron chi connectivity index (χ4n) is 4.64. The van der Waals surface area contributed by atoms with E-state index >= 15 is 0 Å². The van der Waals surface area contributed by atoms with Crippen LogP contribution < -0.4 is 5.32 Å². The molecule has 2 saturated heterocycles. The average Bonchev–Trinajstić information content (AvgIpc) is 3.19. The van der Waals surface area contributed by atoms with Crippen LogP contribution in [0, 0.1) is 11.8 Å². The molecular formula is C20H30N2O3S. The Morgan fingerprint density at radius 1 is 1.23 bits per heavy atom. The van der Waals surface area contributed by atoms with Gasteiger partial charge in [-0.1, -0.05) is 6.07 Å². The van der Waals surface area contributed by atoms with Gasteiger partial charge >= 0.3 is 0 Å². The van der Waals surface area contributed by atoms with Crippen LogP contribution in [-0.2, 0) is 9.53 Å². The van der Waals surface area contributed by atoms with Gasteiger partial charge in [-0.2, -0.15) is 0 Å². The van der Waals surface area contributed by atoms with Crippen LogP contribution in [0.15, 0.2) is 17.5 Å². The molecule has 2 aliphatic heterocycles. The molecule has 0 aromatic carbocycles. The van der Waals surface area contributed by atoms with Crippen molar-refractivity contribution in [1.82, 2.24) is 10.2 Å².